The maximum Gasteiger partial charge on any atom is 0.315 e. The van der Waals surface area contributed by atoms with Gasteiger partial charge < -0.3 is 0 Å². The number of nitro groups is 1. The Balaban J connectivity index is 3.00. The molecule has 0 radical (unpaired) electrons. The molecular formula is C8HN5O2S. The molecule has 2 aromatic rings. The first-order chi connectivity index (χ1) is 7.69. The normalized spacial score (nSPS) is 9.62. The Morgan fingerprint density at radius 1 is 1.25 bits per heavy atom. The molecule has 0 aliphatic carbocycles. The lowest BCUT2D eigenvalue weighted by Gasteiger charge is -1.96. The zero-order valence-corrected chi connectivity index (χ0v) is 8.35. The summed E-state index contributed by atoms with van der Waals surface area (Å²) in [7, 11) is 0. The van der Waals surface area contributed by atoms with Crippen molar-refractivity contribution in [3.05, 3.63) is 27.3 Å². The minimum atomic E-state index is -0.691. The van der Waals surface area contributed by atoms with E-state index in [1.54, 1.807) is 6.07 Å². The van der Waals surface area contributed by atoms with E-state index in [-0.39, 0.29) is 22.2 Å². The van der Waals surface area contributed by atoms with Gasteiger partial charge in [0.1, 0.15) is 23.2 Å². The molecule has 0 amide bonds. The Labute approximate surface area is 92.6 Å². The molecule has 0 atom stereocenters. The zero-order chi connectivity index (χ0) is 11.7. The molecule has 16 heavy (non-hydrogen) atoms. The number of hydrogen-bond donors (Lipinski definition) is 0. The fourth-order valence-electron chi connectivity index (χ4n) is 1.28. The van der Waals surface area contributed by atoms with Crippen LogP contribution in [0.3, 0.4) is 0 Å². The molecule has 0 N–H and O–H groups in total. The first kappa shape index (κ1) is 9.96. The van der Waals surface area contributed by atoms with Crippen LogP contribution in [0.25, 0.3) is 11.0 Å². The van der Waals surface area contributed by atoms with Gasteiger partial charge in [-0.2, -0.15) is 19.3 Å². The Kier molecular flexibility index (Phi) is 2.20. The number of nitrogens with zero attached hydrogens (tertiary/aromatic N) is 5. The Morgan fingerprint density at radius 2 is 1.88 bits per heavy atom. The Morgan fingerprint density at radius 3 is 2.44 bits per heavy atom. The SMILES string of the molecule is N#Cc1cc(C#N)c2nsnc2c1[N+](=O)[O-]. The molecule has 0 unspecified atom stereocenters. The monoisotopic (exact) mass is 231 g/mol. The van der Waals surface area contributed by atoms with Crippen LogP contribution in [-0.2, 0) is 0 Å². The molecule has 0 bridgehead atoms. The van der Waals surface area contributed by atoms with Crippen LogP contribution in [0.1, 0.15) is 11.1 Å². The van der Waals surface area contributed by atoms with E-state index in [0.29, 0.717) is 0 Å². The van der Waals surface area contributed by atoms with Crippen LogP contribution in [0.4, 0.5) is 5.69 Å². The molecule has 8 heteroatoms. The smallest absolute Gasteiger partial charge is 0.258 e. The van der Waals surface area contributed by atoms with Crippen LogP contribution in [-0.4, -0.2) is 13.7 Å². The van der Waals surface area contributed by atoms with Gasteiger partial charge in [0.25, 0.3) is 0 Å². The molecule has 76 valence electrons. The topological polar surface area (TPSA) is 116 Å². The number of nitriles is 2. The molecule has 0 saturated carbocycles. The third-order valence-electron chi connectivity index (χ3n) is 1.94. The van der Waals surface area contributed by atoms with E-state index in [2.05, 4.69) is 8.75 Å². The number of nitro benzene ring substituents is 1. The Hall–Kier alpha value is -2.58. The molecule has 0 aliphatic rings. The second-order valence-corrected chi connectivity index (χ2v) is 3.29. The third kappa shape index (κ3) is 1.26. The highest BCUT2D eigenvalue weighted by Crippen LogP contribution is 2.30. The van der Waals surface area contributed by atoms with Gasteiger partial charge >= 0.3 is 5.69 Å². The van der Waals surface area contributed by atoms with Crippen LogP contribution in [0.5, 0.6) is 0 Å². The zero-order valence-electron chi connectivity index (χ0n) is 7.54. The first-order valence-corrected chi connectivity index (χ1v) is 4.66. The summed E-state index contributed by atoms with van der Waals surface area (Å²) in [5, 5.41) is 28.4. The lowest BCUT2D eigenvalue weighted by atomic mass is 10.1. The molecule has 0 spiro atoms. The van der Waals surface area contributed by atoms with E-state index in [1.165, 1.54) is 0 Å². The number of hydrogen-bond acceptors (Lipinski definition) is 7. The fraction of sp³-hybridized carbons (Fsp3) is 0. The molecule has 2 rings (SSSR count). The molecular weight excluding hydrogens is 230 g/mol. The molecule has 1 aromatic carbocycles. The van der Waals surface area contributed by atoms with Gasteiger partial charge in [-0.05, 0) is 6.07 Å². The fourth-order valence-corrected chi connectivity index (χ4v) is 1.85. The molecule has 1 heterocycles. The lowest BCUT2D eigenvalue weighted by molar-refractivity contribution is -0.383. The van der Waals surface area contributed by atoms with Gasteiger partial charge in [0.2, 0.25) is 0 Å². The highest BCUT2D eigenvalue weighted by Gasteiger charge is 2.24. The highest BCUT2D eigenvalue weighted by molar-refractivity contribution is 7.00. The number of benzene rings is 1. The summed E-state index contributed by atoms with van der Waals surface area (Å²) in [6, 6.07) is 4.66. The van der Waals surface area contributed by atoms with Crippen molar-refractivity contribution in [3.63, 3.8) is 0 Å². The van der Waals surface area contributed by atoms with Crippen molar-refractivity contribution in [2.45, 2.75) is 0 Å². The summed E-state index contributed by atoms with van der Waals surface area (Å²) >= 11 is 0.768. The van der Waals surface area contributed by atoms with Crippen molar-refractivity contribution < 1.29 is 4.92 Å². The van der Waals surface area contributed by atoms with Gasteiger partial charge in [-0.3, -0.25) is 10.1 Å². The second kappa shape index (κ2) is 3.53. The lowest BCUT2D eigenvalue weighted by Crippen LogP contribution is -1.95. The van der Waals surface area contributed by atoms with Crippen LogP contribution in [0.15, 0.2) is 6.07 Å². The van der Waals surface area contributed by atoms with Crippen LogP contribution < -0.4 is 0 Å². The summed E-state index contributed by atoms with van der Waals surface area (Å²) in [5.74, 6) is 0. The van der Waals surface area contributed by atoms with Crippen LogP contribution in [0, 0.1) is 32.8 Å². The predicted molar refractivity (Wildman–Crippen MR) is 53.5 cm³/mol. The molecule has 0 saturated heterocycles. The van der Waals surface area contributed by atoms with Crippen molar-refractivity contribution >= 4 is 28.4 Å². The van der Waals surface area contributed by atoms with Crippen LogP contribution in [0.2, 0.25) is 0 Å². The van der Waals surface area contributed by atoms with Gasteiger partial charge in [-0.15, -0.1) is 0 Å². The minimum Gasteiger partial charge on any atom is -0.258 e. The molecule has 7 nitrogen and oxygen atoms in total. The maximum absolute atomic E-state index is 10.8. The largest absolute Gasteiger partial charge is 0.315 e. The van der Waals surface area contributed by atoms with Crippen molar-refractivity contribution in [2.75, 3.05) is 0 Å². The van der Waals surface area contributed by atoms with Gasteiger partial charge in [-0.25, -0.2) is 0 Å². The third-order valence-corrected chi connectivity index (χ3v) is 2.46. The van der Waals surface area contributed by atoms with E-state index in [0.717, 1.165) is 17.8 Å². The average Bonchev–Trinajstić information content (AvgIpc) is 2.74. The van der Waals surface area contributed by atoms with Gasteiger partial charge in [0.05, 0.1) is 22.2 Å². The minimum absolute atomic E-state index is 0.00870. The van der Waals surface area contributed by atoms with Gasteiger partial charge in [0, 0.05) is 0 Å². The van der Waals surface area contributed by atoms with Crippen molar-refractivity contribution in [2.24, 2.45) is 0 Å². The predicted octanol–water partition coefficient (Wildman–Crippen LogP) is 1.34. The van der Waals surface area contributed by atoms with E-state index < -0.39 is 10.6 Å². The first-order valence-electron chi connectivity index (χ1n) is 3.93. The molecule has 0 aliphatic heterocycles. The van der Waals surface area contributed by atoms with E-state index >= 15 is 0 Å². The van der Waals surface area contributed by atoms with E-state index in [9.17, 15) is 10.1 Å². The van der Waals surface area contributed by atoms with Gasteiger partial charge in [0.15, 0.2) is 5.52 Å². The van der Waals surface area contributed by atoms with Crippen molar-refractivity contribution in [1.82, 2.24) is 8.75 Å². The standard InChI is InChI=1S/C8HN5O2S/c9-2-4-1-5(3-10)8(13(14)15)7-6(4)11-16-12-7/h1H. The average molecular weight is 231 g/mol. The van der Waals surface area contributed by atoms with E-state index in [4.69, 9.17) is 10.5 Å². The molecule has 1 aromatic heterocycles. The summed E-state index contributed by atoms with van der Waals surface area (Å²) in [6.45, 7) is 0. The van der Waals surface area contributed by atoms with Crippen LogP contribution >= 0.6 is 11.7 Å². The van der Waals surface area contributed by atoms with E-state index in [1.807, 2.05) is 6.07 Å². The number of aromatic nitrogens is 2. The Bertz CT molecular complexity index is 678. The van der Waals surface area contributed by atoms with Crippen molar-refractivity contribution in [3.8, 4) is 12.1 Å². The second-order valence-electron chi connectivity index (χ2n) is 2.76. The quantitative estimate of drug-likeness (QED) is 0.540. The summed E-state index contributed by atoms with van der Waals surface area (Å²) in [6.07, 6.45) is 0. The number of rotatable bonds is 1. The molecule has 0 fully saturated rings. The van der Waals surface area contributed by atoms with Gasteiger partial charge in [-0.1, -0.05) is 0 Å². The summed E-state index contributed by atoms with van der Waals surface area (Å²) < 4.78 is 7.55. The highest BCUT2D eigenvalue weighted by atomic mass is 32.1. The summed E-state index contributed by atoms with van der Waals surface area (Å²) in [4.78, 5) is 10.1. The summed E-state index contributed by atoms with van der Waals surface area (Å²) in [5.41, 5.74) is -0.304. The van der Waals surface area contributed by atoms with Crippen molar-refractivity contribution in [1.29, 1.82) is 10.5 Å². The maximum atomic E-state index is 10.8. The number of fused-ring (bicyclic) bond motifs is 1.